The molecule has 0 N–H and O–H groups in total. The molecule has 4 heteroatoms. The van der Waals surface area contributed by atoms with E-state index in [-0.39, 0.29) is 17.5 Å². The Bertz CT molecular complexity index is 3210. The Kier molecular flexibility index (Phi) is 5.81. The summed E-state index contributed by atoms with van der Waals surface area (Å²) in [6.07, 6.45) is 0. The largest absolute Gasteiger partial charge is 0.310 e. The molecule has 0 radical (unpaired) electrons. The Morgan fingerprint density at radius 3 is 1.56 bits per heavy atom. The summed E-state index contributed by atoms with van der Waals surface area (Å²) in [5.41, 5.74) is 25.1. The van der Waals surface area contributed by atoms with Crippen molar-refractivity contribution >= 4 is 62.0 Å². The quantitative estimate of drug-likeness (QED) is 0.165. The molecule has 0 saturated carbocycles. The van der Waals surface area contributed by atoms with Crippen LogP contribution in [0.2, 0.25) is 0 Å². The number of nitrogens with zero attached hydrogens (tertiary/aromatic N) is 3. The summed E-state index contributed by atoms with van der Waals surface area (Å²) in [6, 6.07) is 57.1. The fourth-order valence-electron chi connectivity index (χ4n) is 11.9. The predicted octanol–water partition coefficient (Wildman–Crippen LogP) is 11.1. The molecule has 0 atom stereocenters. The Labute approximate surface area is 333 Å². The molecule has 0 unspecified atom stereocenters. The summed E-state index contributed by atoms with van der Waals surface area (Å²) >= 11 is 0. The fourth-order valence-corrected chi connectivity index (χ4v) is 11.9. The first-order valence-corrected chi connectivity index (χ1v) is 20.4. The van der Waals surface area contributed by atoms with Crippen molar-refractivity contribution in [2.75, 3.05) is 4.90 Å². The second-order valence-electron chi connectivity index (χ2n) is 17.8. The first-order valence-electron chi connectivity index (χ1n) is 20.4. The number of anilines is 3. The van der Waals surface area contributed by atoms with Gasteiger partial charge in [-0.25, -0.2) is 0 Å². The molecule has 0 fully saturated rings. The van der Waals surface area contributed by atoms with Gasteiger partial charge in [0.05, 0.1) is 11.4 Å². The van der Waals surface area contributed by atoms with Crippen LogP contribution in [0, 0.1) is 6.92 Å². The highest BCUT2D eigenvalue weighted by molar-refractivity contribution is 7.00. The van der Waals surface area contributed by atoms with Gasteiger partial charge < -0.3 is 14.0 Å². The van der Waals surface area contributed by atoms with Gasteiger partial charge in [0.2, 0.25) is 0 Å². The molecule has 57 heavy (non-hydrogen) atoms. The molecule has 270 valence electrons. The zero-order chi connectivity index (χ0) is 38.1. The molecular weight excluding hydrogens is 689 g/mol. The van der Waals surface area contributed by atoms with Crippen LogP contribution in [-0.4, -0.2) is 15.8 Å². The molecule has 0 spiro atoms. The van der Waals surface area contributed by atoms with Gasteiger partial charge in [-0.2, -0.15) is 0 Å². The van der Waals surface area contributed by atoms with E-state index < -0.39 is 0 Å². The first-order chi connectivity index (χ1) is 27.7. The fraction of sp³-hybridized carbons (Fsp3) is 0.132. The van der Waals surface area contributed by atoms with Gasteiger partial charge in [-0.05, 0) is 99.7 Å². The number of para-hydroxylation sites is 4. The number of rotatable bonds is 3. The van der Waals surface area contributed by atoms with Crippen LogP contribution in [0.15, 0.2) is 152 Å². The summed E-state index contributed by atoms with van der Waals surface area (Å²) < 4.78 is 5.35. The van der Waals surface area contributed by atoms with Gasteiger partial charge in [0.15, 0.2) is 0 Å². The molecule has 2 aliphatic carbocycles. The van der Waals surface area contributed by atoms with Crippen LogP contribution in [0.25, 0.3) is 55.7 Å². The third-order valence-corrected chi connectivity index (χ3v) is 14.0. The van der Waals surface area contributed by atoms with E-state index in [1.54, 1.807) is 0 Å². The average molecular weight is 730 g/mol. The van der Waals surface area contributed by atoms with E-state index in [1.165, 1.54) is 99.9 Å². The molecule has 3 nitrogen and oxygen atoms in total. The Balaban J connectivity index is 1.14. The highest BCUT2D eigenvalue weighted by Crippen LogP contribution is 2.57. The van der Waals surface area contributed by atoms with Crippen LogP contribution < -0.4 is 21.3 Å². The van der Waals surface area contributed by atoms with Crippen molar-refractivity contribution in [3.63, 3.8) is 0 Å². The minimum Gasteiger partial charge on any atom is -0.310 e. The molecule has 7 aromatic carbocycles. The lowest BCUT2D eigenvalue weighted by molar-refractivity contribution is 0.666. The normalized spacial score (nSPS) is 15.4. The smallest absolute Gasteiger partial charge is 0.252 e. The van der Waals surface area contributed by atoms with E-state index in [0.29, 0.717) is 0 Å². The monoisotopic (exact) mass is 729 g/mol. The van der Waals surface area contributed by atoms with E-state index in [4.69, 9.17) is 0 Å². The summed E-state index contributed by atoms with van der Waals surface area (Å²) in [4.78, 5) is 2.40. The van der Waals surface area contributed by atoms with Gasteiger partial charge in [-0.1, -0.05) is 131 Å². The second-order valence-corrected chi connectivity index (χ2v) is 17.8. The maximum absolute atomic E-state index is 2.68. The molecule has 4 heterocycles. The molecule has 2 aliphatic heterocycles. The van der Waals surface area contributed by atoms with Crippen molar-refractivity contribution in [1.82, 2.24) is 9.13 Å². The Morgan fingerprint density at radius 2 is 0.982 bits per heavy atom. The average Bonchev–Trinajstić information content (AvgIpc) is 3.91. The lowest BCUT2D eigenvalue weighted by Crippen LogP contribution is -2.59. The summed E-state index contributed by atoms with van der Waals surface area (Å²) in [5, 5.41) is 2.75. The molecule has 4 aliphatic rings. The number of hydrogen-bond donors (Lipinski definition) is 0. The van der Waals surface area contributed by atoms with E-state index in [1.807, 2.05) is 0 Å². The lowest BCUT2D eigenvalue weighted by atomic mass is 9.34. The van der Waals surface area contributed by atoms with E-state index >= 15 is 0 Å². The number of benzene rings is 7. The summed E-state index contributed by atoms with van der Waals surface area (Å²) in [5.74, 6) is 0. The minimum atomic E-state index is -0.191. The van der Waals surface area contributed by atoms with Gasteiger partial charge in [-0.15, -0.1) is 0 Å². The highest BCUT2D eigenvalue weighted by Gasteiger charge is 2.49. The third-order valence-electron chi connectivity index (χ3n) is 14.0. The van der Waals surface area contributed by atoms with Gasteiger partial charge in [-0.3, -0.25) is 0 Å². The maximum atomic E-state index is 2.68. The molecule has 13 rings (SSSR count). The van der Waals surface area contributed by atoms with Crippen molar-refractivity contribution < 1.29 is 0 Å². The predicted molar refractivity (Wildman–Crippen MR) is 239 cm³/mol. The lowest BCUT2D eigenvalue weighted by Gasteiger charge is -2.35. The van der Waals surface area contributed by atoms with Crippen LogP contribution in [-0.2, 0) is 10.8 Å². The van der Waals surface area contributed by atoms with E-state index in [0.717, 1.165) is 17.1 Å². The van der Waals surface area contributed by atoms with Crippen LogP contribution in [0.1, 0.15) is 55.5 Å². The zero-order valence-electron chi connectivity index (χ0n) is 32.9. The molecule has 0 amide bonds. The van der Waals surface area contributed by atoms with E-state index in [9.17, 15) is 0 Å². The number of fused-ring (bicyclic) bond motifs is 14. The summed E-state index contributed by atoms with van der Waals surface area (Å²) in [7, 11) is 0. The van der Waals surface area contributed by atoms with Gasteiger partial charge >= 0.3 is 0 Å². The number of aryl methyl sites for hydroxylation is 1. The molecule has 9 aromatic rings. The second kappa shape index (κ2) is 10.5. The SMILES string of the molecule is Cc1cc2c3c(c1)-n1c4c(c5cccc(c51)B3c1cccc3c5c(n-2c13)-c1ccccc1C5(C)C)C(C)(C)c1ccc(N(c2ccccc2)c2ccccc2)cc1-4. The molecular formula is C53H40BN3. The van der Waals surface area contributed by atoms with E-state index in [2.05, 4.69) is 200 Å². The Hall–Kier alpha value is -6.52. The maximum Gasteiger partial charge on any atom is 0.252 e. The van der Waals surface area contributed by atoms with Crippen molar-refractivity contribution in [3.8, 4) is 33.9 Å². The van der Waals surface area contributed by atoms with Gasteiger partial charge in [0.1, 0.15) is 0 Å². The first kappa shape index (κ1) is 31.7. The highest BCUT2D eigenvalue weighted by atomic mass is 15.1. The number of hydrogen-bond acceptors (Lipinski definition) is 1. The van der Waals surface area contributed by atoms with Crippen molar-refractivity contribution in [1.29, 1.82) is 0 Å². The third kappa shape index (κ3) is 3.71. The van der Waals surface area contributed by atoms with Crippen molar-refractivity contribution in [2.45, 2.75) is 45.4 Å². The van der Waals surface area contributed by atoms with Crippen LogP contribution in [0.3, 0.4) is 0 Å². The van der Waals surface area contributed by atoms with Gasteiger partial charge in [0, 0.05) is 72.2 Å². The van der Waals surface area contributed by atoms with Crippen molar-refractivity contribution in [3.05, 3.63) is 179 Å². The topological polar surface area (TPSA) is 13.1 Å². The van der Waals surface area contributed by atoms with Gasteiger partial charge in [0.25, 0.3) is 6.71 Å². The summed E-state index contributed by atoms with van der Waals surface area (Å²) in [6.45, 7) is 12.1. The molecule has 0 saturated heterocycles. The standard InChI is InChI=1S/C53H40BN3/c1-31-28-43-47-44(29-31)57-49-37(46-51(57)38-30-34(26-27-40(38)53(46,4)5)55(32-16-8-6-9-17-32)33-18-10-7-11-19-33)22-15-25-42(49)54(47)41-24-14-21-36-45-50(56(43)48(36)41)35-20-12-13-23-39(35)52(45,2)3/h6-30H,1-5H3. The Morgan fingerprint density at radius 1 is 0.474 bits per heavy atom. The minimum absolute atomic E-state index is 0.104. The molecule has 0 bridgehead atoms. The zero-order valence-corrected chi connectivity index (χ0v) is 32.9. The van der Waals surface area contributed by atoms with Crippen LogP contribution >= 0.6 is 0 Å². The van der Waals surface area contributed by atoms with Crippen LogP contribution in [0.5, 0.6) is 0 Å². The number of aromatic nitrogens is 2. The van der Waals surface area contributed by atoms with Crippen molar-refractivity contribution in [2.24, 2.45) is 0 Å². The van der Waals surface area contributed by atoms with Crippen LogP contribution in [0.4, 0.5) is 17.1 Å². The molecule has 2 aromatic heterocycles.